The summed E-state index contributed by atoms with van der Waals surface area (Å²) in [7, 11) is 0. The fourth-order valence-electron chi connectivity index (χ4n) is 2.64. The van der Waals surface area contributed by atoms with Gasteiger partial charge in [0.1, 0.15) is 0 Å². The van der Waals surface area contributed by atoms with Gasteiger partial charge in [-0.2, -0.15) is 0 Å². The molecule has 2 rings (SSSR count). The van der Waals surface area contributed by atoms with Crippen LogP contribution in [0.2, 0.25) is 0 Å². The van der Waals surface area contributed by atoms with E-state index in [9.17, 15) is 0 Å². The molecule has 0 aliphatic rings. The normalized spacial score (nSPS) is 12.8. The van der Waals surface area contributed by atoms with E-state index in [1.54, 1.807) is 11.3 Å². The molecule has 0 saturated carbocycles. The first-order valence-corrected chi connectivity index (χ1v) is 10.7. The molecule has 0 amide bonds. The molecule has 2 N–H and O–H groups in total. The van der Waals surface area contributed by atoms with Crippen LogP contribution in [0.1, 0.15) is 49.1 Å². The van der Waals surface area contributed by atoms with Gasteiger partial charge in [0.05, 0.1) is 11.1 Å². The zero-order chi connectivity index (χ0) is 19.3. The minimum Gasteiger partial charge on any atom is -0.374 e. The Morgan fingerprint density at radius 3 is 2.74 bits per heavy atom. The van der Waals surface area contributed by atoms with Gasteiger partial charge in [0.15, 0.2) is 5.96 Å². The molecule has 0 bridgehead atoms. The van der Waals surface area contributed by atoms with E-state index in [0.717, 1.165) is 57.2 Å². The summed E-state index contributed by atoms with van der Waals surface area (Å²) in [6, 6.07) is 10.3. The molecule has 148 valence electrons. The summed E-state index contributed by atoms with van der Waals surface area (Å²) in [6.45, 7) is 9.45. The van der Waals surface area contributed by atoms with Crippen molar-refractivity contribution in [2.45, 2.75) is 46.1 Å². The van der Waals surface area contributed by atoms with Gasteiger partial charge in [-0.25, -0.2) is 4.98 Å². The van der Waals surface area contributed by atoms with Crippen molar-refractivity contribution in [3.05, 3.63) is 52.0 Å². The molecule has 0 fully saturated rings. The number of benzene rings is 1. The maximum absolute atomic E-state index is 5.91. The Labute approximate surface area is 167 Å². The van der Waals surface area contributed by atoms with Gasteiger partial charge in [-0.1, -0.05) is 30.3 Å². The Kier molecular flexibility index (Phi) is 9.87. The molecule has 27 heavy (non-hydrogen) atoms. The summed E-state index contributed by atoms with van der Waals surface area (Å²) in [5.74, 6) is 0.879. The van der Waals surface area contributed by atoms with Gasteiger partial charge in [0.2, 0.25) is 0 Å². The number of hydrogen-bond acceptors (Lipinski definition) is 4. The Hall–Kier alpha value is -1.92. The van der Waals surface area contributed by atoms with Gasteiger partial charge in [0.25, 0.3) is 0 Å². The van der Waals surface area contributed by atoms with E-state index in [1.807, 2.05) is 25.1 Å². The molecular weight excluding hydrogens is 356 g/mol. The molecule has 0 saturated heterocycles. The highest BCUT2D eigenvalue weighted by molar-refractivity contribution is 7.09. The lowest BCUT2D eigenvalue weighted by Crippen LogP contribution is -2.38. The van der Waals surface area contributed by atoms with Crippen molar-refractivity contribution >= 4 is 17.3 Å². The van der Waals surface area contributed by atoms with Crippen LogP contribution in [-0.2, 0) is 11.2 Å². The summed E-state index contributed by atoms with van der Waals surface area (Å²) in [6.07, 6.45) is 3.08. The number of aryl methyl sites for hydroxylation is 2. The van der Waals surface area contributed by atoms with Crippen LogP contribution >= 0.6 is 11.3 Å². The van der Waals surface area contributed by atoms with Gasteiger partial charge < -0.3 is 15.4 Å². The lowest BCUT2D eigenvalue weighted by atomic mass is 10.1. The fraction of sp³-hybridized carbons (Fsp3) is 0.524. The second-order valence-corrected chi connectivity index (χ2v) is 7.39. The van der Waals surface area contributed by atoms with Gasteiger partial charge in [-0.05, 0) is 39.2 Å². The highest BCUT2D eigenvalue weighted by Gasteiger charge is 2.04. The van der Waals surface area contributed by atoms with E-state index in [0.29, 0.717) is 0 Å². The van der Waals surface area contributed by atoms with Crippen LogP contribution in [0.25, 0.3) is 0 Å². The third-order valence-corrected chi connectivity index (χ3v) is 5.11. The Morgan fingerprint density at radius 1 is 1.22 bits per heavy atom. The zero-order valence-corrected chi connectivity index (χ0v) is 17.5. The number of ether oxygens (including phenoxy) is 1. The molecule has 1 aromatic carbocycles. The Morgan fingerprint density at radius 2 is 2.04 bits per heavy atom. The van der Waals surface area contributed by atoms with Crippen molar-refractivity contribution in [3.63, 3.8) is 0 Å². The van der Waals surface area contributed by atoms with Gasteiger partial charge in [-0.15, -0.1) is 11.3 Å². The molecule has 0 aliphatic carbocycles. The van der Waals surface area contributed by atoms with Crippen LogP contribution in [0.4, 0.5) is 0 Å². The average Bonchev–Trinajstić information content (AvgIpc) is 3.10. The molecule has 1 unspecified atom stereocenters. The molecule has 6 heteroatoms. The summed E-state index contributed by atoms with van der Waals surface area (Å²) in [5.41, 5.74) is 2.33. The standard InChI is InChI=1S/C21H32N4OS/c1-4-22-21(23-13-8-12-20-25-17(2)16-27-20)24-14-9-15-26-18(3)19-10-6-5-7-11-19/h5-7,10-11,16,18H,4,8-9,12-15H2,1-3H3,(H2,22,23,24). The number of thiazole rings is 1. The molecule has 0 spiro atoms. The molecule has 2 aromatic rings. The molecule has 1 aromatic heterocycles. The van der Waals surface area contributed by atoms with Crippen LogP contribution in [0, 0.1) is 6.92 Å². The molecule has 1 atom stereocenters. The predicted molar refractivity (Wildman–Crippen MR) is 115 cm³/mol. The molecule has 0 radical (unpaired) electrons. The van der Waals surface area contributed by atoms with E-state index in [4.69, 9.17) is 4.74 Å². The van der Waals surface area contributed by atoms with Crippen LogP contribution in [0.15, 0.2) is 40.7 Å². The van der Waals surface area contributed by atoms with Gasteiger partial charge >= 0.3 is 0 Å². The number of rotatable bonds is 11. The lowest BCUT2D eigenvalue weighted by Gasteiger charge is -2.14. The van der Waals surface area contributed by atoms with Crippen molar-refractivity contribution in [2.75, 3.05) is 26.2 Å². The number of aromatic nitrogens is 1. The van der Waals surface area contributed by atoms with E-state index < -0.39 is 0 Å². The van der Waals surface area contributed by atoms with Crippen LogP contribution in [-0.4, -0.2) is 37.2 Å². The third-order valence-electron chi connectivity index (χ3n) is 4.08. The monoisotopic (exact) mass is 388 g/mol. The summed E-state index contributed by atoms with van der Waals surface area (Å²) in [5, 5.41) is 9.98. The second kappa shape index (κ2) is 12.5. The van der Waals surface area contributed by atoms with Crippen molar-refractivity contribution < 1.29 is 4.74 Å². The fourth-order valence-corrected chi connectivity index (χ4v) is 3.46. The van der Waals surface area contributed by atoms with Gasteiger partial charge in [0, 0.05) is 43.7 Å². The van der Waals surface area contributed by atoms with E-state index in [1.165, 1.54) is 10.6 Å². The van der Waals surface area contributed by atoms with Crippen molar-refractivity contribution in [1.82, 2.24) is 15.6 Å². The topological polar surface area (TPSA) is 58.5 Å². The number of hydrogen-bond donors (Lipinski definition) is 2. The Balaban J connectivity index is 1.61. The first kappa shape index (κ1) is 21.4. The first-order chi connectivity index (χ1) is 13.2. The van der Waals surface area contributed by atoms with E-state index in [-0.39, 0.29) is 6.10 Å². The number of aliphatic imine (C=N–C) groups is 1. The number of nitrogens with one attached hydrogen (secondary N) is 2. The van der Waals surface area contributed by atoms with Crippen LogP contribution in [0.5, 0.6) is 0 Å². The second-order valence-electron chi connectivity index (χ2n) is 6.45. The first-order valence-electron chi connectivity index (χ1n) is 9.78. The van der Waals surface area contributed by atoms with E-state index in [2.05, 4.69) is 52.0 Å². The van der Waals surface area contributed by atoms with Crippen molar-refractivity contribution in [2.24, 2.45) is 4.99 Å². The highest BCUT2D eigenvalue weighted by Crippen LogP contribution is 2.15. The number of nitrogens with zero attached hydrogens (tertiary/aromatic N) is 2. The SMILES string of the molecule is CCNC(=NCCCc1nc(C)cs1)NCCCOC(C)c1ccccc1. The van der Waals surface area contributed by atoms with Crippen LogP contribution in [0.3, 0.4) is 0 Å². The summed E-state index contributed by atoms with van der Waals surface area (Å²) >= 11 is 1.73. The van der Waals surface area contributed by atoms with Crippen LogP contribution < -0.4 is 10.6 Å². The quantitative estimate of drug-likeness (QED) is 0.346. The average molecular weight is 389 g/mol. The molecular formula is C21H32N4OS. The zero-order valence-electron chi connectivity index (χ0n) is 16.7. The van der Waals surface area contributed by atoms with Crippen molar-refractivity contribution in [1.29, 1.82) is 0 Å². The van der Waals surface area contributed by atoms with Gasteiger partial charge in [-0.3, -0.25) is 4.99 Å². The smallest absolute Gasteiger partial charge is 0.191 e. The maximum atomic E-state index is 5.91. The summed E-state index contributed by atoms with van der Waals surface area (Å²) < 4.78 is 5.91. The third kappa shape index (κ3) is 8.54. The number of guanidine groups is 1. The largest absolute Gasteiger partial charge is 0.374 e. The maximum Gasteiger partial charge on any atom is 0.191 e. The Bertz CT molecular complexity index is 672. The van der Waals surface area contributed by atoms with Crippen molar-refractivity contribution in [3.8, 4) is 0 Å². The predicted octanol–water partition coefficient (Wildman–Crippen LogP) is 4.11. The minimum absolute atomic E-state index is 0.127. The molecule has 5 nitrogen and oxygen atoms in total. The molecule has 1 heterocycles. The summed E-state index contributed by atoms with van der Waals surface area (Å²) in [4.78, 5) is 9.14. The lowest BCUT2D eigenvalue weighted by molar-refractivity contribution is 0.0646. The van der Waals surface area contributed by atoms with E-state index >= 15 is 0 Å². The minimum atomic E-state index is 0.127. The highest BCUT2D eigenvalue weighted by atomic mass is 32.1. The molecule has 0 aliphatic heterocycles.